The summed E-state index contributed by atoms with van der Waals surface area (Å²) in [5.74, 6) is -0.0214. The minimum Gasteiger partial charge on any atom is -0.355 e. The average molecular weight is 477 g/mol. The minimum atomic E-state index is -3.41. The number of nitrogens with zero attached hydrogens (tertiary/aromatic N) is 1. The molecule has 34 heavy (non-hydrogen) atoms. The van der Waals surface area contributed by atoms with Crippen LogP contribution in [0, 0.1) is 0 Å². The van der Waals surface area contributed by atoms with Gasteiger partial charge in [0.25, 0.3) is 0 Å². The number of carbonyl (C=O) groups is 1. The van der Waals surface area contributed by atoms with Crippen LogP contribution >= 0.6 is 0 Å². The second-order valence-electron chi connectivity index (χ2n) is 9.10. The van der Waals surface area contributed by atoms with Crippen LogP contribution in [0.3, 0.4) is 0 Å². The van der Waals surface area contributed by atoms with Crippen molar-refractivity contribution in [3.63, 3.8) is 0 Å². The molecule has 3 aromatic carbocycles. The van der Waals surface area contributed by atoms with E-state index in [1.807, 2.05) is 48.5 Å². The number of carbonyl (C=O) groups excluding carboxylic acids is 1. The van der Waals surface area contributed by atoms with E-state index in [2.05, 4.69) is 36.5 Å². The van der Waals surface area contributed by atoms with Gasteiger partial charge in [0.2, 0.25) is 15.9 Å². The summed E-state index contributed by atoms with van der Waals surface area (Å²) < 4.78 is 26.9. The summed E-state index contributed by atoms with van der Waals surface area (Å²) in [6, 6.07) is 27.4. The molecular weight excluding hydrogens is 444 g/mol. The van der Waals surface area contributed by atoms with Gasteiger partial charge in [-0.25, -0.2) is 8.42 Å². The van der Waals surface area contributed by atoms with Gasteiger partial charge >= 0.3 is 0 Å². The summed E-state index contributed by atoms with van der Waals surface area (Å²) in [4.78, 5) is 13.0. The smallest absolute Gasteiger partial charge is 0.243 e. The first-order valence-electron chi connectivity index (χ1n) is 11.9. The van der Waals surface area contributed by atoms with Crippen molar-refractivity contribution < 1.29 is 13.2 Å². The molecule has 0 unspecified atom stereocenters. The van der Waals surface area contributed by atoms with Crippen LogP contribution in [0.4, 0.5) is 0 Å². The lowest BCUT2D eigenvalue weighted by Gasteiger charge is -2.31. The summed E-state index contributed by atoms with van der Waals surface area (Å²) in [5, 5.41) is 3.12. The Hall–Kier alpha value is -2.96. The van der Waals surface area contributed by atoms with E-state index in [0.717, 1.165) is 29.5 Å². The zero-order valence-electron chi connectivity index (χ0n) is 19.6. The molecule has 1 amide bonds. The van der Waals surface area contributed by atoms with Gasteiger partial charge in [-0.1, -0.05) is 72.8 Å². The van der Waals surface area contributed by atoms with Crippen molar-refractivity contribution in [2.45, 2.75) is 42.9 Å². The van der Waals surface area contributed by atoms with Crippen LogP contribution in [0.5, 0.6) is 0 Å². The van der Waals surface area contributed by atoms with Crippen LogP contribution < -0.4 is 5.32 Å². The summed E-state index contributed by atoms with van der Waals surface area (Å²) in [7, 11) is -3.41. The van der Waals surface area contributed by atoms with Gasteiger partial charge in [-0.2, -0.15) is 4.31 Å². The van der Waals surface area contributed by atoms with Crippen molar-refractivity contribution in [2.24, 2.45) is 0 Å². The number of nitrogens with one attached hydrogen (secondary N) is 1. The lowest BCUT2D eigenvalue weighted by molar-refractivity contribution is -0.121. The number of benzene rings is 3. The molecule has 5 nitrogen and oxygen atoms in total. The fraction of sp³-hybridized carbons (Fsp3) is 0.321. The number of sulfonamides is 1. The molecule has 178 valence electrons. The molecule has 1 heterocycles. The molecule has 0 spiro atoms. The fourth-order valence-electron chi connectivity index (χ4n) is 4.51. The first-order valence-corrected chi connectivity index (χ1v) is 13.3. The quantitative estimate of drug-likeness (QED) is 0.494. The van der Waals surface area contributed by atoms with Gasteiger partial charge in [0.15, 0.2) is 0 Å². The molecule has 0 atom stereocenters. The van der Waals surface area contributed by atoms with E-state index >= 15 is 0 Å². The molecule has 6 heteroatoms. The third-order valence-corrected chi connectivity index (χ3v) is 8.64. The topological polar surface area (TPSA) is 66.5 Å². The number of amides is 1. The standard InChI is InChI=1S/C28H32N2O3S/c1-28(24-10-4-2-5-11-24,25-12-6-3-7-13-25)22-29-27(31)19-16-23-14-17-26(18-15-23)34(32,33)30-20-8-9-21-30/h2-7,10-15,17-18H,8-9,16,19-22H2,1H3,(H,29,31). The zero-order chi connectivity index (χ0) is 24.0. The van der Waals surface area contributed by atoms with Crippen LogP contribution in [0.1, 0.15) is 42.9 Å². The van der Waals surface area contributed by atoms with Crippen LogP contribution in [0.25, 0.3) is 0 Å². The molecule has 0 bridgehead atoms. The van der Waals surface area contributed by atoms with Gasteiger partial charge in [0.05, 0.1) is 4.90 Å². The summed E-state index contributed by atoms with van der Waals surface area (Å²) in [6.07, 6.45) is 2.74. The Morgan fingerprint density at radius 2 is 1.38 bits per heavy atom. The molecule has 4 rings (SSSR count). The van der Waals surface area contributed by atoms with Gasteiger partial charge in [-0.3, -0.25) is 4.79 Å². The third kappa shape index (κ3) is 5.40. The maximum atomic E-state index is 12.7. The van der Waals surface area contributed by atoms with E-state index in [1.54, 1.807) is 16.4 Å². The van der Waals surface area contributed by atoms with E-state index in [1.165, 1.54) is 0 Å². The van der Waals surface area contributed by atoms with Gasteiger partial charge < -0.3 is 5.32 Å². The van der Waals surface area contributed by atoms with Crippen LogP contribution in [-0.2, 0) is 26.7 Å². The minimum absolute atomic E-state index is 0.0214. The third-order valence-electron chi connectivity index (χ3n) is 6.73. The normalized spacial score (nSPS) is 14.7. The largest absolute Gasteiger partial charge is 0.355 e. The maximum absolute atomic E-state index is 12.7. The lowest BCUT2D eigenvalue weighted by atomic mass is 9.76. The highest BCUT2D eigenvalue weighted by molar-refractivity contribution is 7.89. The van der Waals surface area contributed by atoms with Crippen molar-refractivity contribution in [2.75, 3.05) is 19.6 Å². The Morgan fingerprint density at radius 3 is 1.91 bits per heavy atom. The highest BCUT2D eigenvalue weighted by Gasteiger charge is 2.29. The van der Waals surface area contributed by atoms with Gasteiger partial charge in [-0.15, -0.1) is 0 Å². The molecule has 1 fully saturated rings. The van der Waals surface area contributed by atoms with Crippen LogP contribution in [-0.4, -0.2) is 38.3 Å². The Morgan fingerprint density at radius 1 is 0.853 bits per heavy atom. The van der Waals surface area contributed by atoms with Crippen molar-refractivity contribution in [1.82, 2.24) is 9.62 Å². The molecule has 0 aliphatic carbocycles. The highest BCUT2D eigenvalue weighted by Crippen LogP contribution is 2.31. The lowest BCUT2D eigenvalue weighted by Crippen LogP contribution is -2.39. The first-order chi connectivity index (χ1) is 16.4. The Bertz CT molecular complexity index is 1150. The van der Waals surface area contributed by atoms with E-state index in [0.29, 0.717) is 37.4 Å². The molecule has 1 N–H and O–H groups in total. The summed E-state index contributed by atoms with van der Waals surface area (Å²) in [5.41, 5.74) is 2.90. The predicted octanol–water partition coefficient (Wildman–Crippen LogP) is 4.53. The highest BCUT2D eigenvalue weighted by atomic mass is 32.2. The van der Waals surface area contributed by atoms with Crippen LogP contribution in [0.2, 0.25) is 0 Å². The molecule has 0 radical (unpaired) electrons. The average Bonchev–Trinajstić information content (AvgIpc) is 3.43. The molecule has 3 aromatic rings. The first kappa shape index (κ1) is 24.2. The maximum Gasteiger partial charge on any atom is 0.243 e. The zero-order valence-corrected chi connectivity index (χ0v) is 20.4. The Labute approximate surface area is 202 Å². The van der Waals surface area contributed by atoms with Gasteiger partial charge in [0, 0.05) is 31.5 Å². The SMILES string of the molecule is CC(CNC(=O)CCc1ccc(S(=O)(=O)N2CCCC2)cc1)(c1ccccc1)c1ccccc1. The molecule has 1 aliphatic heterocycles. The van der Waals surface area contributed by atoms with Crippen molar-refractivity contribution >= 4 is 15.9 Å². The predicted molar refractivity (Wildman–Crippen MR) is 135 cm³/mol. The van der Waals surface area contributed by atoms with E-state index in [4.69, 9.17) is 0 Å². The number of aryl methyl sites for hydroxylation is 1. The van der Waals surface area contributed by atoms with Gasteiger partial charge in [0.1, 0.15) is 0 Å². The van der Waals surface area contributed by atoms with E-state index in [-0.39, 0.29) is 11.3 Å². The molecule has 0 saturated carbocycles. The summed E-state index contributed by atoms with van der Waals surface area (Å²) in [6.45, 7) is 3.83. The van der Waals surface area contributed by atoms with Crippen molar-refractivity contribution in [3.05, 3.63) is 102 Å². The summed E-state index contributed by atoms with van der Waals surface area (Å²) >= 11 is 0. The number of hydrogen-bond acceptors (Lipinski definition) is 3. The van der Waals surface area contributed by atoms with Crippen LogP contribution in [0.15, 0.2) is 89.8 Å². The molecule has 1 saturated heterocycles. The number of hydrogen-bond donors (Lipinski definition) is 1. The second kappa shape index (κ2) is 10.5. The molecule has 0 aromatic heterocycles. The van der Waals surface area contributed by atoms with Crippen molar-refractivity contribution in [1.29, 1.82) is 0 Å². The Balaban J connectivity index is 1.37. The fourth-order valence-corrected chi connectivity index (χ4v) is 6.03. The van der Waals surface area contributed by atoms with Gasteiger partial charge in [-0.05, 0) is 55.0 Å². The van der Waals surface area contributed by atoms with Crippen molar-refractivity contribution in [3.8, 4) is 0 Å². The number of rotatable bonds is 9. The molecular formula is C28H32N2O3S. The second-order valence-corrected chi connectivity index (χ2v) is 11.0. The van der Waals surface area contributed by atoms with E-state index < -0.39 is 10.0 Å². The molecule has 1 aliphatic rings. The Kier molecular flexibility index (Phi) is 7.49. The van der Waals surface area contributed by atoms with E-state index in [9.17, 15) is 13.2 Å². The monoisotopic (exact) mass is 476 g/mol.